The van der Waals surface area contributed by atoms with Crippen LogP contribution in [0.1, 0.15) is 31.9 Å². The first-order valence-corrected chi connectivity index (χ1v) is 7.24. The van der Waals surface area contributed by atoms with Gasteiger partial charge in [-0.3, -0.25) is 0 Å². The molecule has 0 heterocycles. The lowest BCUT2D eigenvalue weighted by Gasteiger charge is -2.44. The van der Waals surface area contributed by atoms with E-state index in [4.69, 9.17) is 14.2 Å². The lowest BCUT2D eigenvalue weighted by atomic mass is 9.84. The molecule has 2 rings (SSSR count). The molecule has 0 bridgehead atoms. The van der Waals surface area contributed by atoms with Crippen LogP contribution in [0, 0.1) is 0 Å². The van der Waals surface area contributed by atoms with Gasteiger partial charge in [0.05, 0.1) is 19.3 Å². The maximum Gasteiger partial charge on any atom is 0.123 e. The zero-order chi connectivity index (χ0) is 14.5. The number of hydrogen-bond donors (Lipinski definition) is 1. The molecule has 1 aliphatic rings. The van der Waals surface area contributed by atoms with Gasteiger partial charge in [-0.2, -0.15) is 0 Å². The summed E-state index contributed by atoms with van der Waals surface area (Å²) in [6.45, 7) is 4.91. The average Bonchev–Trinajstić information content (AvgIpc) is 2.46. The normalized spacial score (nSPS) is 26.9. The average molecular weight is 279 g/mol. The van der Waals surface area contributed by atoms with Crippen LogP contribution in [0.25, 0.3) is 0 Å². The zero-order valence-electron chi connectivity index (χ0n) is 12.8. The minimum absolute atomic E-state index is 0.132. The largest absolute Gasteiger partial charge is 0.496 e. The molecule has 20 heavy (non-hydrogen) atoms. The molecule has 4 nitrogen and oxygen atoms in total. The summed E-state index contributed by atoms with van der Waals surface area (Å²) in [7, 11) is 3.45. The molecule has 4 heteroatoms. The predicted molar refractivity (Wildman–Crippen MR) is 79.2 cm³/mol. The highest BCUT2D eigenvalue weighted by molar-refractivity contribution is 5.35. The van der Waals surface area contributed by atoms with Gasteiger partial charge < -0.3 is 19.5 Å². The lowest BCUT2D eigenvalue weighted by molar-refractivity contribution is -0.133. The molecule has 1 aromatic rings. The Kier molecular flexibility index (Phi) is 5.40. The van der Waals surface area contributed by atoms with E-state index in [0.717, 1.165) is 18.8 Å². The van der Waals surface area contributed by atoms with Crippen molar-refractivity contribution in [2.75, 3.05) is 20.8 Å². The van der Waals surface area contributed by atoms with Crippen LogP contribution in [0.2, 0.25) is 0 Å². The maximum atomic E-state index is 5.65. The van der Waals surface area contributed by atoms with Crippen LogP contribution in [0.4, 0.5) is 0 Å². The molecule has 0 aliphatic heterocycles. The Balaban J connectivity index is 1.96. The highest BCUT2D eigenvalue weighted by Gasteiger charge is 2.42. The van der Waals surface area contributed by atoms with Crippen LogP contribution in [-0.4, -0.2) is 39.1 Å². The summed E-state index contributed by atoms with van der Waals surface area (Å²) in [5.41, 5.74) is 1.17. The van der Waals surface area contributed by atoms with E-state index < -0.39 is 0 Å². The molecule has 1 aliphatic carbocycles. The van der Waals surface area contributed by atoms with Gasteiger partial charge in [0, 0.05) is 31.4 Å². The van der Waals surface area contributed by atoms with E-state index in [1.54, 1.807) is 14.2 Å². The van der Waals surface area contributed by atoms with E-state index in [1.807, 2.05) is 25.1 Å². The number of hydrogen-bond acceptors (Lipinski definition) is 4. The Labute approximate surface area is 121 Å². The number of methoxy groups -OCH3 is 2. The van der Waals surface area contributed by atoms with Gasteiger partial charge in [-0.25, -0.2) is 0 Å². The molecular weight excluding hydrogens is 254 g/mol. The highest BCUT2D eigenvalue weighted by atomic mass is 16.5. The second kappa shape index (κ2) is 7.07. The summed E-state index contributed by atoms with van der Waals surface area (Å²) >= 11 is 0. The molecule has 0 radical (unpaired) electrons. The summed E-state index contributed by atoms with van der Waals surface area (Å²) < 4.78 is 16.6. The Morgan fingerprint density at radius 3 is 2.70 bits per heavy atom. The molecule has 0 amide bonds. The first-order chi connectivity index (χ1) is 9.71. The minimum atomic E-state index is 0.132. The third-order valence-corrected chi connectivity index (χ3v) is 3.97. The number of benzene rings is 1. The van der Waals surface area contributed by atoms with Crippen LogP contribution >= 0.6 is 0 Å². The van der Waals surface area contributed by atoms with Crippen LogP contribution in [0.3, 0.4) is 0 Å². The summed E-state index contributed by atoms with van der Waals surface area (Å²) in [6.07, 6.45) is 1.34. The van der Waals surface area contributed by atoms with Crippen LogP contribution in [-0.2, 0) is 9.47 Å². The Bertz CT molecular complexity index is 424. The van der Waals surface area contributed by atoms with Crippen molar-refractivity contribution in [3.8, 4) is 5.75 Å². The summed E-state index contributed by atoms with van der Waals surface area (Å²) in [6, 6.07) is 8.66. The van der Waals surface area contributed by atoms with Crippen molar-refractivity contribution in [2.24, 2.45) is 0 Å². The number of ether oxygens (including phenoxy) is 3. The zero-order valence-corrected chi connectivity index (χ0v) is 12.8. The van der Waals surface area contributed by atoms with Crippen LogP contribution in [0.5, 0.6) is 5.75 Å². The first-order valence-electron chi connectivity index (χ1n) is 7.24. The molecule has 3 unspecified atom stereocenters. The van der Waals surface area contributed by atoms with E-state index in [2.05, 4.69) is 18.3 Å². The third-order valence-electron chi connectivity index (χ3n) is 3.97. The highest BCUT2D eigenvalue weighted by Crippen LogP contribution is 2.31. The van der Waals surface area contributed by atoms with E-state index in [9.17, 15) is 0 Å². The summed E-state index contributed by atoms with van der Waals surface area (Å²) in [5.74, 6) is 0.919. The molecule has 0 aromatic heterocycles. The van der Waals surface area contributed by atoms with Crippen LogP contribution in [0.15, 0.2) is 24.3 Å². The monoisotopic (exact) mass is 279 g/mol. The van der Waals surface area contributed by atoms with Crippen molar-refractivity contribution >= 4 is 0 Å². The van der Waals surface area contributed by atoms with Crippen molar-refractivity contribution < 1.29 is 14.2 Å². The third kappa shape index (κ3) is 3.14. The van der Waals surface area contributed by atoms with E-state index in [1.165, 1.54) is 5.56 Å². The van der Waals surface area contributed by atoms with Crippen molar-refractivity contribution in [3.63, 3.8) is 0 Å². The summed E-state index contributed by atoms with van der Waals surface area (Å²) in [5, 5.41) is 3.61. The van der Waals surface area contributed by atoms with Crippen LogP contribution < -0.4 is 10.1 Å². The second-order valence-corrected chi connectivity index (χ2v) is 5.17. The van der Waals surface area contributed by atoms with Crippen molar-refractivity contribution in [2.45, 2.75) is 44.6 Å². The Morgan fingerprint density at radius 1 is 1.30 bits per heavy atom. The fourth-order valence-electron chi connectivity index (χ4n) is 2.87. The second-order valence-electron chi connectivity index (χ2n) is 5.17. The van der Waals surface area contributed by atoms with Gasteiger partial charge in [0.15, 0.2) is 0 Å². The predicted octanol–water partition coefficient (Wildman–Crippen LogP) is 2.54. The number of nitrogens with one attached hydrogen (secondary N) is 1. The van der Waals surface area contributed by atoms with E-state index in [0.29, 0.717) is 6.04 Å². The molecule has 1 fully saturated rings. The summed E-state index contributed by atoms with van der Waals surface area (Å²) in [4.78, 5) is 0. The SMILES string of the molecule is CCOC1CC(N[C@H](C)c2ccccc2OC)C1OC. The molecule has 1 N–H and O–H groups in total. The molecule has 1 aromatic carbocycles. The molecule has 112 valence electrons. The standard InChI is InChI=1S/C16H25NO3/c1-5-20-15-10-13(16(15)19-4)17-11(2)12-8-6-7-9-14(12)18-3/h6-9,11,13,15-17H,5,10H2,1-4H3/t11-,13?,15?,16?/m1/s1. The number of rotatable bonds is 7. The molecule has 0 saturated heterocycles. The van der Waals surface area contributed by atoms with E-state index in [-0.39, 0.29) is 18.2 Å². The van der Waals surface area contributed by atoms with Gasteiger partial charge in [-0.1, -0.05) is 18.2 Å². The maximum absolute atomic E-state index is 5.65. The Morgan fingerprint density at radius 2 is 2.05 bits per heavy atom. The topological polar surface area (TPSA) is 39.7 Å². The van der Waals surface area contributed by atoms with Gasteiger partial charge in [0.25, 0.3) is 0 Å². The first kappa shape index (κ1) is 15.3. The fourth-order valence-corrected chi connectivity index (χ4v) is 2.87. The molecule has 4 atom stereocenters. The quantitative estimate of drug-likeness (QED) is 0.832. The van der Waals surface area contributed by atoms with Crippen molar-refractivity contribution in [1.29, 1.82) is 0 Å². The van der Waals surface area contributed by atoms with Gasteiger partial charge in [0.1, 0.15) is 5.75 Å². The molecular formula is C16H25NO3. The number of para-hydroxylation sites is 1. The van der Waals surface area contributed by atoms with Gasteiger partial charge in [0.2, 0.25) is 0 Å². The van der Waals surface area contributed by atoms with Crippen molar-refractivity contribution in [1.82, 2.24) is 5.32 Å². The van der Waals surface area contributed by atoms with E-state index >= 15 is 0 Å². The van der Waals surface area contributed by atoms with Gasteiger partial charge in [-0.05, 0) is 26.3 Å². The van der Waals surface area contributed by atoms with Gasteiger partial charge in [-0.15, -0.1) is 0 Å². The smallest absolute Gasteiger partial charge is 0.123 e. The Hall–Kier alpha value is -1.10. The van der Waals surface area contributed by atoms with Gasteiger partial charge >= 0.3 is 0 Å². The fraction of sp³-hybridized carbons (Fsp3) is 0.625. The lowest BCUT2D eigenvalue weighted by Crippen LogP contribution is -2.60. The molecule has 1 saturated carbocycles. The molecule has 0 spiro atoms. The van der Waals surface area contributed by atoms with Crippen molar-refractivity contribution in [3.05, 3.63) is 29.8 Å². The minimum Gasteiger partial charge on any atom is -0.496 e.